The van der Waals surface area contributed by atoms with Gasteiger partial charge < -0.3 is 14.5 Å². The normalized spacial score (nSPS) is 12.2. The second-order valence-corrected chi connectivity index (χ2v) is 6.92. The molecule has 0 saturated heterocycles. The molecule has 21 heavy (non-hydrogen) atoms. The summed E-state index contributed by atoms with van der Waals surface area (Å²) in [4.78, 5) is 0. The molecule has 1 heterocycles. The third kappa shape index (κ3) is 7.08. The Bertz CT molecular complexity index is 497. The molecule has 1 aromatic rings. The molecular weight excluding hydrogens is 292 g/mol. The van der Waals surface area contributed by atoms with E-state index >= 15 is 0 Å². The monoisotopic (exact) mass is 318 g/mol. The van der Waals surface area contributed by atoms with Crippen molar-refractivity contribution in [2.24, 2.45) is 5.92 Å². The van der Waals surface area contributed by atoms with Crippen LogP contribution < -0.4 is 10.0 Å². The third-order valence-electron chi connectivity index (χ3n) is 2.66. The van der Waals surface area contributed by atoms with Crippen LogP contribution in [0.2, 0.25) is 0 Å². The molecule has 2 N–H and O–H groups in total. The summed E-state index contributed by atoms with van der Waals surface area (Å²) in [6.07, 6.45) is 0.636. The molecule has 7 heteroatoms. The highest BCUT2D eigenvalue weighted by atomic mass is 32.2. The van der Waals surface area contributed by atoms with E-state index in [-0.39, 0.29) is 5.09 Å². The SMILES string of the molecule is CCNCc1ccc(S(=O)(=O)NCCCOCC(C)C)o1. The van der Waals surface area contributed by atoms with Gasteiger partial charge in [0.2, 0.25) is 5.09 Å². The van der Waals surface area contributed by atoms with Gasteiger partial charge >= 0.3 is 0 Å². The van der Waals surface area contributed by atoms with Gasteiger partial charge in [0.25, 0.3) is 10.0 Å². The van der Waals surface area contributed by atoms with Crippen molar-refractivity contribution in [2.45, 2.75) is 38.8 Å². The fourth-order valence-corrected chi connectivity index (χ4v) is 2.64. The van der Waals surface area contributed by atoms with Crippen molar-refractivity contribution in [1.29, 1.82) is 0 Å². The Labute approximate surface area is 127 Å². The maximum absolute atomic E-state index is 12.0. The lowest BCUT2D eigenvalue weighted by molar-refractivity contribution is 0.108. The van der Waals surface area contributed by atoms with Crippen LogP contribution in [-0.4, -0.2) is 34.7 Å². The van der Waals surface area contributed by atoms with Gasteiger partial charge in [-0.1, -0.05) is 20.8 Å². The van der Waals surface area contributed by atoms with Gasteiger partial charge in [0, 0.05) is 19.8 Å². The van der Waals surface area contributed by atoms with E-state index in [4.69, 9.17) is 9.15 Å². The Hall–Kier alpha value is -0.890. The zero-order chi connectivity index (χ0) is 15.7. The molecule has 0 aromatic carbocycles. The van der Waals surface area contributed by atoms with E-state index in [0.29, 0.717) is 44.4 Å². The quantitative estimate of drug-likeness (QED) is 0.607. The van der Waals surface area contributed by atoms with Crippen molar-refractivity contribution < 1.29 is 17.6 Å². The molecule has 6 nitrogen and oxygen atoms in total. The van der Waals surface area contributed by atoms with E-state index in [9.17, 15) is 8.42 Å². The maximum atomic E-state index is 12.0. The molecular formula is C14H26N2O4S. The molecule has 0 fully saturated rings. The van der Waals surface area contributed by atoms with Crippen molar-refractivity contribution in [3.05, 3.63) is 17.9 Å². The van der Waals surface area contributed by atoms with Gasteiger partial charge in [-0.05, 0) is 31.0 Å². The second-order valence-electron chi connectivity index (χ2n) is 5.22. The van der Waals surface area contributed by atoms with E-state index in [2.05, 4.69) is 23.9 Å². The van der Waals surface area contributed by atoms with Gasteiger partial charge in [-0.15, -0.1) is 0 Å². The molecule has 0 saturated carbocycles. The van der Waals surface area contributed by atoms with Crippen LogP contribution in [0, 0.1) is 5.92 Å². The van der Waals surface area contributed by atoms with Gasteiger partial charge in [-0.2, -0.15) is 0 Å². The summed E-state index contributed by atoms with van der Waals surface area (Å²) in [6, 6.07) is 3.15. The highest BCUT2D eigenvalue weighted by Crippen LogP contribution is 2.13. The molecule has 0 spiro atoms. The molecule has 0 radical (unpaired) electrons. The number of ether oxygens (including phenoxy) is 1. The van der Waals surface area contributed by atoms with Gasteiger partial charge in [0.1, 0.15) is 5.76 Å². The van der Waals surface area contributed by atoms with Crippen molar-refractivity contribution in [3.8, 4) is 0 Å². The topological polar surface area (TPSA) is 80.6 Å². The lowest BCUT2D eigenvalue weighted by Crippen LogP contribution is -2.25. The molecule has 122 valence electrons. The second kappa shape index (κ2) is 9.19. The van der Waals surface area contributed by atoms with Gasteiger partial charge in [0.05, 0.1) is 6.54 Å². The summed E-state index contributed by atoms with van der Waals surface area (Å²) in [5, 5.41) is 3.04. The Morgan fingerprint density at radius 2 is 2.10 bits per heavy atom. The smallest absolute Gasteiger partial charge is 0.273 e. The molecule has 0 bridgehead atoms. The fourth-order valence-electron chi connectivity index (χ4n) is 1.62. The number of sulfonamides is 1. The summed E-state index contributed by atoms with van der Waals surface area (Å²) in [5.74, 6) is 1.09. The van der Waals surface area contributed by atoms with E-state index in [0.717, 1.165) is 6.54 Å². The molecule has 0 atom stereocenters. The minimum atomic E-state index is -3.57. The Kier molecular flexibility index (Phi) is 7.95. The van der Waals surface area contributed by atoms with Crippen molar-refractivity contribution in [2.75, 3.05) is 26.3 Å². The van der Waals surface area contributed by atoms with E-state index < -0.39 is 10.0 Å². The number of nitrogens with one attached hydrogen (secondary N) is 2. The third-order valence-corrected chi connectivity index (χ3v) is 3.99. The summed E-state index contributed by atoms with van der Waals surface area (Å²) in [5.41, 5.74) is 0. The Morgan fingerprint density at radius 1 is 1.33 bits per heavy atom. The van der Waals surface area contributed by atoms with Crippen LogP contribution in [0.1, 0.15) is 33.0 Å². The predicted molar refractivity (Wildman–Crippen MR) is 81.6 cm³/mol. The summed E-state index contributed by atoms with van der Waals surface area (Å²) < 4.78 is 37.2. The first-order chi connectivity index (χ1) is 9.95. The van der Waals surface area contributed by atoms with E-state index in [1.807, 2.05) is 6.92 Å². The molecule has 0 unspecified atom stereocenters. The number of furan rings is 1. The average molecular weight is 318 g/mol. The highest BCUT2D eigenvalue weighted by molar-refractivity contribution is 7.89. The number of rotatable bonds is 11. The zero-order valence-electron chi connectivity index (χ0n) is 13.0. The fraction of sp³-hybridized carbons (Fsp3) is 0.714. The Morgan fingerprint density at radius 3 is 2.76 bits per heavy atom. The van der Waals surface area contributed by atoms with Crippen LogP contribution in [0.5, 0.6) is 0 Å². The Balaban J connectivity index is 2.34. The van der Waals surface area contributed by atoms with Crippen molar-refractivity contribution in [1.82, 2.24) is 10.0 Å². The first-order valence-electron chi connectivity index (χ1n) is 7.32. The lowest BCUT2D eigenvalue weighted by atomic mass is 10.2. The average Bonchev–Trinajstić information content (AvgIpc) is 2.89. The molecule has 0 aliphatic rings. The van der Waals surface area contributed by atoms with Crippen LogP contribution in [0.3, 0.4) is 0 Å². The van der Waals surface area contributed by atoms with Crippen molar-refractivity contribution in [3.63, 3.8) is 0 Å². The lowest BCUT2D eigenvalue weighted by Gasteiger charge is -2.07. The van der Waals surface area contributed by atoms with Gasteiger partial charge in [-0.25, -0.2) is 13.1 Å². The molecule has 1 rings (SSSR count). The summed E-state index contributed by atoms with van der Waals surface area (Å²) >= 11 is 0. The van der Waals surface area contributed by atoms with Crippen LogP contribution in [-0.2, 0) is 21.3 Å². The van der Waals surface area contributed by atoms with Crippen LogP contribution in [0.25, 0.3) is 0 Å². The minimum absolute atomic E-state index is 0.0431. The van der Waals surface area contributed by atoms with Crippen LogP contribution in [0.15, 0.2) is 21.6 Å². The number of hydrogen-bond acceptors (Lipinski definition) is 5. The van der Waals surface area contributed by atoms with E-state index in [1.165, 1.54) is 6.07 Å². The first-order valence-corrected chi connectivity index (χ1v) is 8.81. The van der Waals surface area contributed by atoms with Gasteiger partial charge in [-0.3, -0.25) is 0 Å². The zero-order valence-corrected chi connectivity index (χ0v) is 13.8. The van der Waals surface area contributed by atoms with Crippen molar-refractivity contribution >= 4 is 10.0 Å². The summed E-state index contributed by atoms with van der Waals surface area (Å²) in [6.45, 7) is 9.03. The molecule has 0 aliphatic carbocycles. The maximum Gasteiger partial charge on any atom is 0.273 e. The highest BCUT2D eigenvalue weighted by Gasteiger charge is 2.17. The van der Waals surface area contributed by atoms with Gasteiger partial charge in [0.15, 0.2) is 0 Å². The minimum Gasteiger partial charge on any atom is -0.447 e. The first kappa shape index (κ1) is 18.2. The number of hydrogen-bond donors (Lipinski definition) is 2. The van der Waals surface area contributed by atoms with Crippen LogP contribution >= 0.6 is 0 Å². The predicted octanol–water partition coefficient (Wildman–Crippen LogP) is 1.73. The molecule has 0 amide bonds. The standard InChI is InChI=1S/C14H26N2O4S/c1-4-15-10-13-6-7-14(20-13)21(17,18)16-8-5-9-19-11-12(2)3/h6-7,12,15-16H,4-5,8-11H2,1-3H3. The molecule has 0 aliphatic heterocycles. The molecule has 1 aromatic heterocycles. The van der Waals surface area contributed by atoms with E-state index in [1.54, 1.807) is 6.07 Å². The summed E-state index contributed by atoms with van der Waals surface area (Å²) in [7, 11) is -3.57. The largest absolute Gasteiger partial charge is 0.447 e. The van der Waals surface area contributed by atoms with Crippen LogP contribution in [0.4, 0.5) is 0 Å².